The molecule has 7 nitrogen and oxygen atoms in total. The second-order valence-corrected chi connectivity index (χ2v) is 9.71. The van der Waals surface area contributed by atoms with E-state index < -0.39 is 30.5 Å². The Labute approximate surface area is 144 Å². The Balaban J connectivity index is 2.36. The smallest absolute Gasteiger partial charge is 0.258 e. The Kier molecular flexibility index (Phi) is 5.23. The van der Waals surface area contributed by atoms with Gasteiger partial charge in [0.05, 0.1) is 25.3 Å². The van der Waals surface area contributed by atoms with Crippen LogP contribution in [0.5, 0.6) is 0 Å². The quantitative estimate of drug-likeness (QED) is 0.580. The minimum Gasteiger partial charge on any atom is -0.258 e. The molecular weight excluding hydrogens is 371 g/mol. The Morgan fingerprint density at radius 3 is 2.24 bits per heavy atom. The average molecular weight is 386 g/mol. The van der Waals surface area contributed by atoms with Crippen molar-refractivity contribution >= 4 is 25.4 Å². The first-order chi connectivity index (χ1) is 11.5. The largest absolute Gasteiger partial charge is 0.290 e. The van der Waals surface area contributed by atoms with E-state index in [1.54, 1.807) is 6.92 Å². The van der Waals surface area contributed by atoms with Gasteiger partial charge in [0.15, 0.2) is 0 Å². The lowest BCUT2D eigenvalue weighted by atomic mass is 10.1. The third kappa shape index (κ3) is 4.83. The summed E-state index contributed by atoms with van der Waals surface area (Å²) in [5.74, 6) is -0.581. The van der Waals surface area contributed by atoms with Gasteiger partial charge in [-0.15, -0.1) is 3.77 Å². The summed E-state index contributed by atoms with van der Waals surface area (Å²) in [6.07, 6.45) is 1.19. The SMILES string of the molecule is Cc1cc(CS(C)(=O)=NS(=O)(=O)c2ccc([N+](=O)[O-])cc2)ccc1F. The van der Waals surface area contributed by atoms with E-state index in [0.29, 0.717) is 11.1 Å². The Morgan fingerprint density at radius 1 is 1.12 bits per heavy atom. The molecule has 1 atom stereocenters. The van der Waals surface area contributed by atoms with Crippen LogP contribution in [0.1, 0.15) is 11.1 Å². The third-order valence-corrected chi connectivity index (χ3v) is 7.04. The summed E-state index contributed by atoms with van der Waals surface area (Å²) in [6, 6.07) is 8.24. The van der Waals surface area contributed by atoms with Crippen LogP contribution in [0.2, 0.25) is 0 Å². The average Bonchev–Trinajstić information content (AvgIpc) is 2.49. The Morgan fingerprint density at radius 2 is 1.72 bits per heavy atom. The normalized spacial score (nSPS) is 13.9. The molecule has 0 radical (unpaired) electrons. The summed E-state index contributed by atoms with van der Waals surface area (Å²) >= 11 is 0. The molecule has 2 rings (SSSR count). The van der Waals surface area contributed by atoms with Gasteiger partial charge in [0.1, 0.15) is 5.82 Å². The third-order valence-electron chi connectivity index (χ3n) is 3.26. The van der Waals surface area contributed by atoms with Crippen LogP contribution in [0.15, 0.2) is 51.1 Å². The zero-order valence-corrected chi connectivity index (χ0v) is 15.0. The lowest BCUT2D eigenvalue weighted by molar-refractivity contribution is -0.384. The Bertz CT molecular complexity index is 1040. The number of nitro benzene ring substituents is 1. The zero-order chi connectivity index (χ0) is 18.8. The number of nitro groups is 1. The minimum absolute atomic E-state index is 0.166. The molecule has 25 heavy (non-hydrogen) atoms. The van der Waals surface area contributed by atoms with Gasteiger partial charge >= 0.3 is 0 Å². The number of sulfonamides is 1. The van der Waals surface area contributed by atoms with Crippen molar-refractivity contribution in [1.29, 1.82) is 0 Å². The van der Waals surface area contributed by atoms with E-state index >= 15 is 0 Å². The van der Waals surface area contributed by atoms with Gasteiger partial charge < -0.3 is 0 Å². The van der Waals surface area contributed by atoms with Crippen LogP contribution in [-0.2, 0) is 25.5 Å². The molecule has 0 saturated carbocycles. The second kappa shape index (κ2) is 6.89. The number of benzene rings is 2. The van der Waals surface area contributed by atoms with Gasteiger partial charge in [-0.1, -0.05) is 12.1 Å². The van der Waals surface area contributed by atoms with Crippen molar-refractivity contribution in [2.75, 3.05) is 6.26 Å². The topological polar surface area (TPSA) is 107 Å². The number of nitrogens with zero attached hydrogens (tertiary/aromatic N) is 2. The summed E-state index contributed by atoms with van der Waals surface area (Å²) < 4.78 is 53.8. The summed E-state index contributed by atoms with van der Waals surface area (Å²) in [5, 5.41) is 10.6. The molecule has 0 aliphatic heterocycles. The molecule has 0 spiro atoms. The van der Waals surface area contributed by atoms with Crippen LogP contribution in [0.3, 0.4) is 0 Å². The molecule has 2 aromatic rings. The molecule has 0 saturated heterocycles. The van der Waals surface area contributed by atoms with Gasteiger partial charge in [0.25, 0.3) is 15.7 Å². The first-order valence-electron chi connectivity index (χ1n) is 6.96. The first-order valence-corrected chi connectivity index (χ1v) is 10.5. The molecule has 2 aromatic carbocycles. The van der Waals surface area contributed by atoms with E-state index in [0.717, 1.165) is 24.3 Å². The summed E-state index contributed by atoms with van der Waals surface area (Å²) in [4.78, 5) is 9.66. The van der Waals surface area contributed by atoms with Gasteiger partial charge in [-0.25, -0.2) is 8.60 Å². The highest BCUT2D eigenvalue weighted by molar-refractivity contribution is 8.02. The van der Waals surface area contributed by atoms with Crippen molar-refractivity contribution in [2.45, 2.75) is 17.6 Å². The monoisotopic (exact) mass is 386 g/mol. The number of rotatable bonds is 5. The highest BCUT2D eigenvalue weighted by Crippen LogP contribution is 2.20. The number of non-ortho nitro benzene ring substituents is 1. The maximum Gasteiger partial charge on any atom is 0.290 e. The molecule has 0 bridgehead atoms. The maximum absolute atomic E-state index is 13.3. The van der Waals surface area contributed by atoms with Crippen molar-refractivity contribution < 1.29 is 21.9 Å². The van der Waals surface area contributed by atoms with Crippen LogP contribution < -0.4 is 0 Å². The minimum atomic E-state index is -4.25. The lowest BCUT2D eigenvalue weighted by Crippen LogP contribution is -2.07. The lowest BCUT2D eigenvalue weighted by Gasteiger charge is -2.07. The van der Waals surface area contributed by atoms with Crippen LogP contribution in [0.4, 0.5) is 10.1 Å². The first kappa shape index (κ1) is 19.0. The molecule has 0 aliphatic rings. The van der Waals surface area contributed by atoms with Crippen LogP contribution >= 0.6 is 0 Å². The van der Waals surface area contributed by atoms with E-state index in [4.69, 9.17) is 0 Å². The van der Waals surface area contributed by atoms with Crippen molar-refractivity contribution in [3.05, 3.63) is 69.5 Å². The van der Waals surface area contributed by atoms with E-state index in [1.165, 1.54) is 24.5 Å². The van der Waals surface area contributed by atoms with Crippen molar-refractivity contribution in [2.24, 2.45) is 3.77 Å². The number of hydrogen-bond donors (Lipinski definition) is 0. The van der Waals surface area contributed by atoms with Crippen molar-refractivity contribution in [1.82, 2.24) is 0 Å². The predicted octanol–water partition coefficient (Wildman–Crippen LogP) is 3.03. The molecule has 0 fully saturated rings. The van der Waals surface area contributed by atoms with Crippen molar-refractivity contribution in [3.8, 4) is 0 Å². The summed E-state index contributed by atoms with van der Waals surface area (Å²) in [5.41, 5.74) is 0.581. The van der Waals surface area contributed by atoms with Gasteiger partial charge in [-0.05, 0) is 36.2 Å². The standard InChI is InChI=1S/C15H15FN2O5S2/c1-11-9-12(3-8-15(11)16)10-24(2,21)17-25(22,23)14-6-4-13(5-7-14)18(19)20/h3-9H,10H2,1-2H3. The fourth-order valence-corrected chi connectivity index (χ4v) is 5.62. The van der Waals surface area contributed by atoms with Crippen LogP contribution in [0, 0.1) is 22.9 Å². The van der Waals surface area contributed by atoms with Gasteiger partial charge in [-0.3, -0.25) is 10.1 Å². The highest BCUT2D eigenvalue weighted by Gasteiger charge is 2.18. The molecule has 0 heterocycles. The predicted molar refractivity (Wildman–Crippen MR) is 91.6 cm³/mol. The van der Waals surface area contributed by atoms with Gasteiger partial charge in [0, 0.05) is 18.4 Å². The summed E-state index contributed by atoms with van der Waals surface area (Å²) in [6.45, 7) is 1.54. The second-order valence-electron chi connectivity index (χ2n) is 5.49. The fourth-order valence-electron chi connectivity index (χ4n) is 2.12. The number of hydrogen-bond acceptors (Lipinski definition) is 5. The molecule has 10 heteroatoms. The Hall–Kier alpha value is -2.33. The molecule has 134 valence electrons. The molecule has 0 amide bonds. The van der Waals surface area contributed by atoms with E-state index in [9.17, 15) is 27.1 Å². The van der Waals surface area contributed by atoms with Gasteiger partial charge in [0.2, 0.25) is 0 Å². The van der Waals surface area contributed by atoms with Crippen LogP contribution in [-0.4, -0.2) is 23.8 Å². The van der Waals surface area contributed by atoms with Crippen molar-refractivity contribution in [3.63, 3.8) is 0 Å². The van der Waals surface area contributed by atoms with Crippen LogP contribution in [0.25, 0.3) is 0 Å². The van der Waals surface area contributed by atoms with E-state index in [1.807, 2.05) is 0 Å². The highest BCUT2D eigenvalue weighted by atomic mass is 32.3. The number of aryl methyl sites for hydroxylation is 1. The van der Waals surface area contributed by atoms with Gasteiger partial charge in [-0.2, -0.15) is 8.42 Å². The fraction of sp³-hybridized carbons (Fsp3) is 0.200. The molecule has 0 aromatic heterocycles. The van der Waals surface area contributed by atoms with E-state index in [2.05, 4.69) is 3.77 Å². The molecular formula is C15H15FN2O5S2. The molecule has 1 unspecified atom stereocenters. The molecule has 0 N–H and O–H groups in total. The van der Waals surface area contributed by atoms with E-state index in [-0.39, 0.29) is 16.3 Å². The molecule has 0 aliphatic carbocycles. The maximum atomic E-state index is 13.3. The zero-order valence-electron chi connectivity index (χ0n) is 13.4. The summed E-state index contributed by atoms with van der Waals surface area (Å²) in [7, 11) is -7.41. The number of halogens is 1.